The lowest BCUT2D eigenvalue weighted by molar-refractivity contribution is 1.09. The van der Waals surface area contributed by atoms with Crippen LogP contribution in [0.3, 0.4) is 0 Å². The highest BCUT2D eigenvalue weighted by Crippen LogP contribution is 2.19. The van der Waals surface area contributed by atoms with Crippen LogP contribution in [0.25, 0.3) is 11.0 Å². The Morgan fingerprint density at radius 2 is 2.42 bits per heavy atom. The minimum atomic E-state index is 0.467. The fourth-order valence-electron chi connectivity index (χ4n) is 0.989. The topological polar surface area (TPSA) is 67.6 Å². The minimum Gasteiger partial charge on any atom is -0.382 e. The molecule has 2 aromatic heterocycles. The smallest absolute Gasteiger partial charge is 0.246 e. The highest BCUT2D eigenvalue weighted by molar-refractivity contribution is 8.19. The Morgan fingerprint density at radius 3 is 3.08 bits per heavy atom. The van der Waals surface area contributed by atoms with Crippen LogP contribution < -0.4 is 5.73 Å². The number of hydrogen-bond acceptors (Lipinski definition) is 4. The second-order valence-electron chi connectivity index (χ2n) is 2.25. The van der Waals surface area contributed by atoms with Gasteiger partial charge in [-0.25, -0.2) is 20.1 Å². The molecule has 0 aliphatic heterocycles. The third-order valence-corrected chi connectivity index (χ3v) is 2.61. The molecular weight excluding hydrogens is 187 g/mol. The first-order valence-electron chi connectivity index (χ1n) is 3.28. The summed E-state index contributed by atoms with van der Waals surface area (Å²) >= 11 is 2.52. The second-order valence-corrected chi connectivity index (χ2v) is 3.58. The number of imidazole rings is 1. The molecule has 0 saturated heterocycles. The summed E-state index contributed by atoms with van der Waals surface area (Å²) in [6.45, 7) is 0. The number of nitrogen functional groups attached to an aromatic ring is 1. The third kappa shape index (κ3) is 1.18. The Bertz CT molecular complexity index is 413. The minimum absolute atomic E-state index is 0.467. The lowest BCUT2D eigenvalue weighted by Crippen LogP contribution is -1.89. The number of nitrogens with one attached hydrogen (secondary N) is 1. The SMILES string of the molecule is Nc1nccc2[nH]c([S][Al])nc12. The van der Waals surface area contributed by atoms with E-state index < -0.39 is 0 Å². The molecule has 0 atom stereocenters. The molecule has 58 valence electrons. The van der Waals surface area contributed by atoms with E-state index in [1.165, 1.54) is 10.1 Å². The molecule has 0 unspecified atom stereocenters. The molecule has 0 fully saturated rings. The molecule has 0 saturated carbocycles. The summed E-state index contributed by atoms with van der Waals surface area (Å²) in [7, 11) is 1.47. The zero-order valence-corrected chi connectivity index (χ0v) is 8.08. The molecule has 0 aliphatic rings. The van der Waals surface area contributed by atoms with Gasteiger partial charge in [0, 0.05) is 6.20 Å². The van der Waals surface area contributed by atoms with Crippen LogP contribution in [-0.2, 0) is 0 Å². The van der Waals surface area contributed by atoms with Crippen molar-refractivity contribution in [2.24, 2.45) is 0 Å². The molecule has 2 heterocycles. The summed E-state index contributed by atoms with van der Waals surface area (Å²) in [6.07, 6.45) is 1.66. The van der Waals surface area contributed by atoms with Gasteiger partial charge in [0.15, 0.2) is 5.82 Å². The maximum atomic E-state index is 5.61. The van der Waals surface area contributed by atoms with Crippen molar-refractivity contribution in [2.75, 3.05) is 5.73 Å². The van der Waals surface area contributed by atoms with E-state index >= 15 is 0 Å². The zero-order valence-electron chi connectivity index (χ0n) is 6.11. The van der Waals surface area contributed by atoms with Gasteiger partial charge in [-0.2, -0.15) is 0 Å². The highest BCUT2D eigenvalue weighted by atomic mass is 32.3. The van der Waals surface area contributed by atoms with Crippen molar-refractivity contribution in [3.8, 4) is 0 Å². The first kappa shape index (κ1) is 7.93. The van der Waals surface area contributed by atoms with E-state index in [1.54, 1.807) is 6.20 Å². The Balaban J connectivity index is 2.74. The quantitative estimate of drug-likeness (QED) is 0.653. The molecule has 12 heavy (non-hydrogen) atoms. The normalized spacial score (nSPS) is 10.7. The first-order valence-corrected chi connectivity index (χ1v) is 5.57. The molecule has 6 heteroatoms. The Labute approximate surface area is 80.4 Å². The second kappa shape index (κ2) is 2.98. The lowest BCUT2D eigenvalue weighted by atomic mass is 10.4. The third-order valence-electron chi connectivity index (χ3n) is 1.52. The summed E-state index contributed by atoms with van der Waals surface area (Å²) < 4.78 is 0. The molecule has 0 aromatic carbocycles. The molecule has 0 bridgehead atoms. The van der Waals surface area contributed by atoms with Gasteiger partial charge in [-0.15, -0.1) is 0 Å². The molecule has 0 aliphatic carbocycles. The summed E-state index contributed by atoms with van der Waals surface area (Å²) in [5.41, 5.74) is 7.28. The van der Waals surface area contributed by atoms with E-state index in [0.717, 1.165) is 16.2 Å². The molecule has 0 spiro atoms. The molecular formula is C6H5AlN4S. The van der Waals surface area contributed by atoms with Crippen molar-refractivity contribution < 1.29 is 0 Å². The lowest BCUT2D eigenvalue weighted by Gasteiger charge is -1.89. The number of hydrogen-bond donors (Lipinski definition) is 2. The van der Waals surface area contributed by atoms with E-state index in [-0.39, 0.29) is 0 Å². The largest absolute Gasteiger partial charge is 0.382 e. The van der Waals surface area contributed by atoms with Gasteiger partial charge < -0.3 is 10.7 Å². The Hall–Kier alpha value is -0.698. The van der Waals surface area contributed by atoms with Gasteiger partial charge in [-0.1, -0.05) is 0 Å². The van der Waals surface area contributed by atoms with E-state index in [2.05, 4.69) is 30.1 Å². The monoisotopic (exact) mass is 192 g/mol. The number of H-pyrrole nitrogens is 1. The summed E-state index contributed by atoms with van der Waals surface area (Å²) in [5, 5.41) is 0.828. The molecule has 3 N–H and O–H groups in total. The number of pyridine rings is 1. The highest BCUT2D eigenvalue weighted by Gasteiger charge is 2.03. The maximum Gasteiger partial charge on any atom is 0.246 e. The number of fused-ring (bicyclic) bond motifs is 1. The van der Waals surface area contributed by atoms with E-state index in [1.807, 2.05) is 6.07 Å². The van der Waals surface area contributed by atoms with Crippen molar-refractivity contribution in [1.29, 1.82) is 0 Å². The van der Waals surface area contributed by atoms with Gasteiger partial charge in [0.1, 0.15) is 10.7 Å². The number of aromatic nitrogens is 3. The van der Waals surface area contributed by atoms with E-state index in [9.17, 15) is 0 Å². The number of anilines is 1. The molecule has 2 aromatic rings. The predicted molar refractivity (Wildman–Crippen MR) is 49.9 cm³/mol. The summed E-state index contributed by atoms with van der Waals surface area (Å²) in [4.78, 5) is 11.3. The van der Waals surface area contributed by atoms with Crippen LogP contribution >= 0.6 is 10.1 Å². The van der Waals surface area contributed by atoms with Crippen LogP contribution in [0.2, 0.25) is 0 Å². The van der Waals surface area contributed by atoms with Gasteiger partial charge >= 0.3 is 0 Å². The fraction of sp³-hybridized carbons (Fsp3) is 0. The van der Waals surface area contributed by atoms with Crippen LogP contribution in [0.5, 0.6) is 0 Å². The van der Waals surface area contributed by atoms with Crippen molar-refractivity contribution >= 4 is 42.1 Å². The average molecular weight is 192 g/mol. The zero-order chi connectivity index (χ0) is 8.55. The Morgan fingerprint density at radius 1 is 1.58 bits per heavy atom. The van der Waals surface area contributed by atoms with Gasteiger partial charge in [-0.3, -0.25) is 0 Å². The first-order chi connectivity index (χ1) is 5.81. The Kier molecular flexibility index (Phi) is 1.97. The molecule has 4 nitrogen and oxygen atoms in total. The predicted octanol–water partition coefficient (Wildman–Crippen LogP) is 0.716. The molecule has 2 rings (SSSR count). The van der Waals surface area contributed by atoms with Crippen LogP contribution in [0.15, 0.2) is 17.4 Å². The van der Waals surface area contributed by atoms with Gasteiger partial charge in [0.05, 0.1) is 5.52 Å². The number of nitrogens with zero attached hydrogens (tertiary/aromatic N) is 2. The van der Waals surface area contributed by atoms with Crippen molar-refractivity contribution in [3.05, 3.63) is 12.3 Å². The number of nitrogens with two attached hydrogens (primary N) is 1. The summed E-state index contributed by atoms with van der Waals surface area (Å²) in [5.74, 6) is 0.467. The van der Waals surface area contributed by atoms with Crippen molar-refractivity contribution in [1.82, 2.24) is 15.0 Å². The van der Waals surface area contributed by atoms with Crippen molar-refractivity contribution in [2.45, 2.75) is 5.16 Å². The van der Waals surface area contributed by atoms with E-state index in [0.29, 0.717) is 5.82 Å². The average Bonchev–Trinajstić information content (AvgIpc) is 2.49. The van der Waals surface area contributed by atoms with Gasteiger partial charge in [0.2, 0.25) is 15.2 Å². The molecule has 0 amide bonds. The number of rotatable bonds is 1. The van der Waals surface area contributed by atoms with Crippen LogP contribution in [0.1, 0.15) is 0 Å². The van der Waals surface area contributed by atoms with Crippen molar-refractivity contribution in [3.63, 3.8) is 0 Å². The summed E-state index contributed by atoms with van der Waals surface area (Å²) in [6, 6.07) is 1.85. The van der Waals surface area contributed by atoms with E-state index in [4.69, 9.17) is 5.73 Å². The van der Waals surface area contributed by atoms with Crippen LogP contribution in [-0.4, -0.2) is 30.1 Å². The fourth-order valence-corrected chi connectivity index (χ4v) is 1.64. The van der Waals surface area contributed by atoms with Crippen LogP contribution in [0.4, 0.5) is 5.82 Å². The van der Waals surface area contributed by atoms with Gasteiger partial charge in [-0.05, 0) is 6.07 Å². The van der Waals surface area contributed by atoms with Gasteiger partial charge in [0.25, 0.3) is 0 Å². The molecule has 2 radical (unpaired) electrons. The van der Waals surface area contributed by atoms with Crippen LogP contribution in [0, 0.1) is 0 Å². The number of aromatic amines is 1. The standard InChI is InChI=1S/C6H6N4S.Al/c7-5-4-3(1-2-8-5)9-6(11)10-4;/h1-2H,(H2,7,8)(H2,9,10,11);/q;+1/p-1. The maximum absolute atomic E-state index is 5.61.